The minimum Gasteiger partial charge on any atom is -0.457 e. The minimum atomic E-state index is -3.62. The normalized spacial score (nSPS) is 10.9. The Morgan fingerprint density at radius 2 is 1.83 bits per heavy atom. The van der Waals surface area contributed by atoms with Gasteiger partial charge >= 0.3 is 6.03 Å². The zero-order valence-electron chi connectivity index (χ0n) is 12.5. The van der Waals surface area contributed by atoms with Crippen molar-refractivity contribution in [2.45, 2.75) is 0 Å². The molecule has 0 bridgehead atoms. The van der Waals surface area contributed by atoms with Crippen molar-refractivity contribution in [2.75, 3.05) is 17.6 Å². The number of urea groups is 1. The standard InChI is InChI=1S/C15H16FN3O4S/c16-11-2-1-3-14(10-11)23-13-6-4-12(5-7-13)19-15(20)18-8-9-24(17,21)22/h1-7,10H,8-9H2,(H2,17,21,22)(H2,18,19,20). The summed E-state index contributed by atoms with van der Waals surface area (Å²) in [5.41, 5.74) is 0.481. The molecule has 128 valence electrons. The van der Waals surface area contributed by atoms with Crippen molar-refractivity contribution in [3.8, 4) is 11.5 Å². The van der Waals surface area contributed by atoms with Crippen molar-refractivity contribution < 1.29 is 22.3 Å². The van der Waals surface area contributed by atoms with Crippen molar-refractivity contribution in [1.82, 2.24) is 5.32 Å². The fraction of sp³-hybridized carbons (Fsp3) is 0.133. The molecule has 0 unspecified atom stereocenters. The quantitative estimate of drug-likeness (QED) is 0.738. The van der Waals surface area contributed by atoms with Crippen LogP contribution >= 0.6 is 0 Å². The summed E-state index contributed by atoms with van der Waals surface area (Å²) in [6, 6.07) is 11.6. The van der Waals surface area contributed by atoms with E-state index >= 15 is 0 Å². The Bertz CT molecular complexity index is 810. The van der Waals surface area contributed by atoms with Crippen LogP contribution in [0.3, 0.4) is 0 Å². The third-order valence-electron chi connectivity index (χ3n) is 2.82. The molecule has 0 fully saturated rings. The number of nitrogens with two attached hydrogens (primary N) is 1. The Balaban J connectivity index is 1.86. The summed E-state index contributed by atoms with van der Waals surface area (Å²) in [4.78, 5) is 11.6. The largest absolute Gasteiger partial charge is 0.457 e. The summed E-state index contributed by atoms with van der Waals surface area (Å²) >= 11 is 0. The first-order valence-corrected chi connectivity index (χ1v) is 8.62. The highest BCUT2D eigenvalue weighted by Crippen LogP contribution is 2.23. The molecule has 9 heteroatoms. The number of halogens is 1. The van der Waals surface area contributed by atoms with Gasteiger partial charge in [0.05, 0.1) is 5.75 Å². The lowest BCUT2D eigenvalue weighted by molar-refractivity contribution is 0.252. The molecule has 0 spiro atoms. The third-order valence-corrected chi connectivity index (χ3v) is 3.59. The first kappa shape index (κ1) is 17.7. The van der Waals surface area contributed by atoms with Gasteiger partial charge in [-0.15, -0.1) is 0 Å². The van der Waals surface area contributed by atoms with Gasteiger partial charge in [-0.05, 0) is 36.4 Å². The van der Waals surface area contributed by atoms with E-state index < -0.39 is 21.9 Å². The van der Waals surface area contributed by atoms with Crippen LogP contribution in [0.25, 0.3) is 0 Å². The smallest absolute Gasteiger partial charge is 0.319 e. The number of amides is 2. The van der Waals surface area contributed by atoms with E-state index in [4.69, 9.17) is 9.88 Å². The van der Waals surface area contributed by atoms with Crippen LogP contribution in [-0.2, 0) is 10.0 Å². The van der Waals surface area contributed by atoms with Gasteiger partial charge in [0.25, 0.3) is 0 Å². The van der Waals surface area contributed by atoms with Gasteiger partial charge in [-0.2, -0.15) is 0 Å². The molecule has 0 aromatic heterocycles. The first-order valence-electron chi connectivity index (χ1n) is 6.91. The highest BCUT2D eigenvalue weighted by atomic mass is 32.2. The van der Waals surface area contributed by atoms with Crippen LogP contribution in [-0.4, -0.2) is 26.7 Å². The monoisotopic (exact) mass is 353 g/mol. The Morgan fingerprint density at radius 3 is 2.46 bits per heavy atom. The first-order chi connectivity index (χ1) is 11.3. The molecule has 0 aliphatic heterocycles. The van der Waals surface area contributed by atoms with E-state index in [1.165, 1.54) is 18.2 Å². The Kier molecular flexibility index (Phi) is 5.72. The van der Waals surface area contributed by atoms with Crippen molar-refractivity contribution in [1.29, 1.82) is 0 Å². The minimum absolute atomic E-state index is 0.0918. The zero-order valence-corrected chi connectivity index (χ0v) is 13.3. The van der Waals surface area contributed by atoms with E-state index in [2.05, 4.69) is 10.6 Å². The van der Waals surface area contributed by atoms with Crippen LogP contribution in [0.2, 0.25) is 0 Å². The lowest BCUT2D eigenvalue weighted by Gasteiger charge is -2.09. The average Bonchev–Trinajstić information content (AvgIpc) is 2.48. The summed E-state index contributed by atoms with van der Waals surface area (Å²) in [5, 5.41) is 9.72. The van der Waals surface area contributed by atoms with Crippen molar-refractivity contribution in [3.63, 3.8) is 0 Å². The molecule has 24 heavy (non-hydrogen) atoms. The molecular weight excluding hydrogens is 337 g/mol. The molecule has 0 atom stereocenters. The summed E-state index contributed by atoms with van der Waals surface area (Å²) < 4.78 is 40.0. The van der Waals surface area contributed by atoms with Crippen molar-refractivity contribution >= 4 is 21.7 Å². The van der Waals surface area contributed by atoms with Gasteiger partial charge in [0.1, 0.15) is 17.3 Å². The van der Waals surface area contributed by atoms with Crippen LogP contribution in [0.15, 0.2) is 48.5 Å². The van der Waals surface area contributed by atoms with E-state index in [0.717, 1.165) is 0 Å². The summed E-state index contributed by atoms with van der Waals surface area (Å²) in [7, 11) is -3.62. The van der Waals surface area contributed by atoms with E-state index in [1.54, 1.807) is 30.3 Å². The van der Waals surface area contributed by atoms with Crippen LogP contribution in [0.4, 0.5) is 14.9 Å². The van der Waals surface area contributed by atoms with Crippen LogP contribution < -0.4 is 20.5 Å². The second-order valence-corrected chi connectivity index (χ2v) is 6.57. The molecule has 2 amide bonds. The lowest BCUT2D eigenvalue weighted by atomic mass is 10.3. The Labute approximate surface area is 138 Å². The number of carbonyl (C=O) groups is 1. The maximum absolute atomic E-state index is 13.1. The van der Waals surface area contributed by atoms with E-state index in [0.29, 0.717) is 17.2 Å². The van der Waals surface area contributed by atoms with E-state index in [-0.39, 0.29) is 12.3 Å². The van der Waals surface area contributed by atoms with Gasteiger partial charge in [-0.25, -0.2) is 22.7 Å². The fourth-order valence-electron chi connectivity index (χ4n) is 1.75. The second-order valence-electron chi connectivity index (χ2n) is 4.83. The van der Waals surface area contributed by atoms with Gasteiger partial charge in [-0.3, -0.25) is 0 Å². The van der Waals surface area contributed by atoms with Crippen LogP contribution in [0.5, 0.6) is 11.5 Å². The van der Waals surface area contributed by atoms with E-state index in [9.17, 15) is 17.6 Å². The molecule has 0 heterocycles. The van der Waals surface area contributed by atoms with Gasteiger partial charge in [0, 0.05) is 18.3 Å². The van der Waals surface area contributed by atoms with Gasteiger partial charge < -0.3 is 15.4 Å². The predicted molar refractivity (Wildman–Crippen MR) is 87.9 cm³/mol. The number of carbonyl (C=O) groups excluding carboxylic acids is 1. The summed E-state index contributed by atoms with van der Waals surface area (Å²) in [5.74, 6) is 0.0834. The van der Waals surface area contributed by atoms with Crippen molar-refractivity contribution in [2.24, 2.45) is 5.14 Å². The molecule has 7 nitrogen and oxygen atoms in total. The van der Waals surface area contributed by atoms with Gasteiger partial charge in [0.15, 0.2) is 0 Å². The van der Waals surface area contributed by atoms with E-state index in [1.807, 2.05) is 0 Å². The zero-order chi connectivity index (χ0) is 17.6. The molecule has 0 aliphatic rings. The lowest BCUT2D eigenvalue weighted by Crippen LogP contribution is -2.34. The van der Waals surface area contributed by atoms with Crippen LogP contribution in [0.1, 0.15) is 0 Å². The number of hydrogen-bond donors (Lipinski definition) is 3. The molecule has 0 saturated heterocycles. The third kappa shape index (κ3) is 6.23. The predicted octanol–water partition coefficient (Wildman–Crippen LogP) is 2.03. The number of nitrogens with one attached hydrogen (secondary N) is 2. The molecule has 2 rings (SSSR count). The SMILES string of the molecule is NS(=O)(=O)CCNC(=O)Nc1ccc(Oc2cccc(F)c2)cc1. The Morgan fingerprint density at radius 1 is 1.12 bits per heavy atom. The van der Waals surface area contributed by atoms with Gasteiger partial charge in [-0.1, -0.05) is 6.07 Å². The molecule has 4 N–H and O–H groups in total. The highest BCUT2D eigenvalue weighted by Gasteiger charge is 2.06. The Hall–Kier alpha value is -2.65. The number of sulfonamides is 1. The molecule has 0 aliphatic carbocycles. The topological polar surface area (TPSA) is 111 Å². The molecule has 2 aromatic rings. The number of hydrogen-bond acceptors (Lipinski definition) is 4. The highest BCUT2D eigenvalue weighted by molar-refractivity contribution is 7.89. The van der Waals surface area contributed by atoms with Crippen molar-refractivity contribution in [3.05, 3.63) is 54.3 Å². The number of benzene rings is 2. The molecule has 0 saturated carbocycles. The fourth-order valence-corrected chi connectivity index (χ4v) is 2.14. The summed E-state index contributed by atoms with van der Waals surface area (Å²) in [6.45, 7) is -0.0918. The summed E-state index contributed by atoms with van der Waals surface area (Å²) in [6.07, 6.45) is 0. The number of rotatable bonds is 6. The van der Waals surface area contributed by atoms with Crippen LogP contribution in [0, 0.1) is 5.82 Å². The number of primary sulfonamides is 1. The average molecular weight is 353 g/mol. The maximum Gasteiger partial charge on any atom is 0.319 e. The number of ether oxygens (including phenoxy) is 1. The second kappa shape index (κ2) is 7.75. The van der Waals surface area contributed by atoms with Gasteiger partial charge in [0.2, 0.25) is 10.0 Å². The maximum atomic E-state index is 13.1. The molecule has 2 aromatic carbocycles. The molecule has 0 radical (unpaired) electrons. The molecular formula is C15H16FN3O4S. The number of anilines is 1.